The summed E-state index contributed by atoms with van der Waals surface area (Å²) in [6, 6.07) is 58.0. The minimum absolute atomic E-state index is 0.645. The zero-order valence-corrected chi connectivity index (χ0v) is 28.4. The summed E-state index contributed by atoms with van der Waals surface area (Å²) in [6.45, 7) is 0. The van der Waals surface area contributed by atoms with Gasteiger partial charge in [0, 0.05) is 62.6 Å². The molecule has 0 aliphatic heterocycles. The molecule has 0 saturated carbocycles. The van der Waals surface area contributed by atoms with Gasteiger partial charge in [-0.2, -0.15) is 0 Å². The SMILES string of the molecule is c1ccc(-c2nc(-c3ccccc3)nc(-c3cccc(-c4ccc5sc6ccccc6c5c4)c3-c3ccc4sc5ccccc5c4c3)n2)cc1. The molecule has 0 radical (unpaired) electrons. The van der Waals surface area contributed by atoms with Crippen molar-refractivity contribution in [2.75, 3.05) is 0 Å². The fourth-order valence-electron chi connectivity index (χ4n) is 6.99. The standard InChI is InChI=1S/C45H27N3S2/c1-3-12-28(13-4-1)43-46-44(29-14-5-2-6-15-29)48-45(47-43)35-19-11-18-32(30-22-24-40-36(26-30)33-16-7-9-20-38(33)49-40)42(35)31-23-25-41-37(27-31)34-17-8-10-21-39(34)50-41/h1-27H. The van der Waals surface area contributed by atoms with E-state index in [-0.39, 0.29) is 0 Å². The first kappa shape index (κ1) is 29.0. The van der Waals surface area contributed by atoms with E-state index in [9.17, 15) is 0 Å². The van der Waals surface area contributed by atoms with Gasteiger partial charge in [0.05, 0.1) is 0 Å². The summed E-state index contributed by atoms with van der Waals surface area (Å²) in [7, 11) is 0. The quantitative estimate of drug-likeness (QED) is 0.182. The number of hydrogen-bond donors (Lipinski definition) is 0. The molecule has 10 aromatic rings. The van der Waals surface area contributed by atoms with Gasteiger partial charge in [0.15, 0.2) is 17.5 Å². The molecule has 5 heteroatoms. The molecule has 0 fully saturated rings. The maximum Gasteiger partial charge on any atom is 0.164 e. The van der Waals surface area contributed by atoms with Gasteiger partial charge < -0.3 is 0 Å². The lowest BCUT2D eigenvalue weighted by Crippen LogP contribution is -2.01. The average molecular weight is 674 g/mol. The topological polar surface area (TPSA) is 38.7 Å². The van der Waals surface area contributed by atoms with Crippen LogP contribution in [0.25, 0.3) is 96.8 Å². The Morgan fingerprint density at radius 3 is 1.36 bits per heavy atom. The van der Waals surface area contributed by atoms with Gasteiger partial charge in [-0.3, -0.25) is 0 Å². The van der Waals surface area contributed by atoms with Crippen LogP contribution in [0.2, 0.25) is 0 Å². The van der Waals surface area contributed by atoms with E-state index in [0.29, 0.717) is 17.5 Å². The minimum atomic E-state index is 0.645. The fraction of sp³-hybridized carbons (Fsp3) is 0. The van der Waals surface area contributed by atoms with E-state index in [2.05, 4.69) is 127 Å². The van der Waals surface area contributed by atoms with Crippen molar-refractivity contribution < 1.29 is 0 Å². The second kappa shape index (κ2) is 11.8. The molecule has 0 saturated heterocycles. The lowest BCUT2D eigenvalue weighted by Gasteiger charge is -2.17. The Morgan fingerprint density at radius 1 is 0.300 bits per heavy atom. The van der Waals surface area contributed by atoms with Gasteiger partial charge in [0.1, 0.15) is 0 Å². The third kappa shape index (κ3) is 4.90. The Kier molecular flexibility index (Phi) is 6.86. The molecule has 0 amide bonds. The molecular weight excluding hydrogens is 647 g/mol. The van der Waals surface area contributed by atoms with E-state index in [4.69, 9.17) is 15.0 Å². The van der Waals surface area contributed by atoms with Crippen molar-refractivity contribution in [3.63, 3.8) is 0 Å². The first-order chi connectivity index (χ1) is 24.8. The highest BCUT2D eigenvalue weighted by Crippen LogP contribution is 2.44. The zero-order chi connectivity index (χ0) is 33.0. The highest BCUT2D eigenvalue weighted by atomic mass is 32.1. The van der Waals surface area contributed by atoms with Crippen molar-refractivity contribution >= 4 is 63.0 Å². The molecular formula is C45H27N3S2. The van der Waals surface area contributed by atoms with Crippen LogP contribution in [0, 0.1) is 0 Å². The monoisotopic (exact) mass is 673 g/mol. The van der Waals surface area contributed by atoms with E-state index in [1.54, 1.807) is 0 Å². The number of thiophene rings is 2. The predicted octanol–water partition coefficient (Wildman–Crippen LogP) is 12.9. The molecule has 0 aliphatic rings. The number of aromatic nitrogens is 3. The number of hydrogen-bond acceptors (Lipinski definition) is 5. The Morgan fingerprint density at radius 2 is 0.760 bits per heavy atom. The highest BCUT2D eigenvalue weighted by molar-refractivity contribution is 7.26. The number of benzene rings is 7. The van der Waals surface area contributed by atoms with Gasteiger partial charge in [-0.15, -0.1) is 22.7 Å². The van der Waals surface area contributed by atoms with E-state index >= 15 is 0 Å². The van der Waals surface area contributed by atoms with Crippen molar-refractivity contribution in [1.29, 1.82) is 0 Å². The Bertz CT molecular complexity index is 2810. The maximum absolute atomic E-state index is 5.19. The van der Waals surface area contributed by atoms with Crippen LogP contribution in [0.5, 0.6) is 0 Å². The molecule has 0 spiro atoms. The van der Waals surface area contributed by atoms with Crippen molar-refractivity contribution in [2.24, 2.45) is 0 Å². The molecule has 0 N–H and O–H groups in total. The average Bonchev–Trinajstić information content (AvgIpc) is 3.76. The Labute approximate surface area is 296 Å². The van der Waals surface area contributed by atoms with E-state index in [0.717, 1.165) is 38.9 Å². The Hall–Kier alpha value is -6.01. The molecule has 0 bridgehead atoms. The second-order valence-electron chi connectivity index (χ2n) is 12.4. The largest absolute Gasteiger partial charge is 0.208 e. The van der Waals surface area contributed by atoms with E-state index in [1.165, 1.54) is 40.3 Å². The van der Waals surface area contributed by atoms with E-state index in [1.807, 2.05) is 59.1 Å². The molecule has 0 unspecified atom stereocenters. The molecule has 7 aromatic carbocycles. The van der Waals surface area contributed by atoms with Crippen molar-refractivity contribution in [3.05, 3.63) is 164 Å². The van der Waals surface area contributed by atoms with Crippen LogP contribution in [-0.4, -0.2) is 15.0 Å². The van der Waals surface area contributed by atoms with Gasteiger partial charge in [0.2, 0.25) is 0 Å². The third-order valence-electron chi connectivity index (χ3n) is 9.36. The third-order valence-corrected chi connectivity index (χ3v) is 11.7. The van der Waals surface area contributed by atoms with Gasteiger partial charge in [-0.25, -0.2) is 15.0 Å². The van der Waals surface area contributed by atoms with Gasteiger partial charge >= 0.3 is 0 Å². The summed E-state index contributed by atoms with van der Waals surface area (Å²) >= 11 is 3.68. The maximum atomic E-state index is 5.19. The molecule has 3 aromatic heterocycles. The van der Waals surface area contributed by atoms with Crippen molar-refractivity contribution in [2.45, 2.75) is 0 Å². The van der Waals surface area contributed by atoms with Gasteiger partial charge in [0.25, 0.3) is 0 Å². The smallest absolute Gasteiger partial charge is 0.164 e. The summed E-state index contributed by atoms with van der Waals surface area (Å²) < 4.78 is 5.16. The molecule has 50 heavy (non-hydrogen) atoms. The van der Waals surface area contributed by atoms with Gasteiger partial charge in [-0.1, -0.05) is 127 Å². The van der Waals surface area contributed by atoms with Gasteiger partial charge in [-0.05, 0) is 53.1 Å². The first-order valence-corrected chi connectivity index (χ1v) is 18.2. The van der Waals surface area contributed by atoms with Crippen molar-refractivity contribution in [1.82, 2.24) is 15.0 Å². The highest BCUT2D eigenvalue weighted by Gasteiger charge is 2.20. The summed E-state index contributed by atoms with van der Waals surface area (Å²) in [5, 5.41) is 5.10. The van der Waals surface area contributed by atoms with Crippen LogP contribution in [0.4, 0.5) is 0 Å². The zero-order valence-electron chi connectivity index (χ0n) is 26.7. The number of rotatable bonds is 5. The molecule has 234 valence electrons. The van der Waals surface area contributed by atoms with Crippen LogP contribution in [0.1, 0.15) is 0 Å². The summed E-state index contributed by atoms with van der Waals surface area (Å²) in [4.78, 5) is 15.4. The lowest BCUT2D eigenvalue weighted by molar-refractivity contribution is 1.07. The first-order valence-electron chi connectivity index (χ1n) is 16.6. The Balaban J connectivity index is 1.27. The summed E-state index contributed by atoms with van der Waals surface area (Å²) in [6.07, 6.45) is 0. The molecule has 0 aliphatic carbocycles. The predicted molar refractivity (Wildman–Crippen MR) is 213 cm³/mol. The molecule has 10 rings (SSSR count). The van der Waals surface area contributed by atoms with Crippen LogP contribution < -0.4 is 0 Å². The van der Waals surface area contributed by atoms with Crippen LogP contribution in [-0.2, 0) is 0 Å². The molecule has 0 atom stereocenters. The summed E-state index contributed by atoms with van der Waals surface area (Å²) in [5.41, 5.74) is 7.40. The molecule has 3 nitrogen and oxygen atoms in total. The van der Waals surface area contributed by atoms with Crippen molar-refractivity contribution in [3.8, 4) is 56.4 Å². The van der Waals surface area contributed by atoms with E-state index < -0.39 is 0 Å². The summed E-state index contributed by atoms with van der Waals surface area (Å²) in [5.74, 6) is 1.94. The minimum Gasteiger partial charge on any atom is -0.208 e. The second-order valence-corrected chi connectivity index (χ2v) is 14.6. The fourth-order valence-corrected chi connectivity index (χ4v) is 9.17. The van der Waals surface area contributed by atoms with Crippen LogP contribution in [0.15, 0.2) is 164 Å². The normalized spacial score (nSPS) is 11.6. The lowest BCUT2D eigenvalue weighted by atomic mass is 9.89. The number of fused-ring (bicyclic) bond motifs is 6. The van der Waals surface area contributed by atoms with Crippen LogP contribution >= 0.6 is 22.7 Å². The number of nitrogens with zero attached hydrogens (tertiary/aromatic N) is 3. The molecule has 3 heterocycles. The van der Waals surface area contributed by atoms with Crippen LogP contribution in [0.3, 0.4) is 0 Å².